The second kappa shape index (κ2) is 7.01. The molecule has 1 aliphatic rings. The summed E-state index contributed by atoms with van der Waals surface area (Å²) in [5.74, 6) is 7.37. The largest absolute Gasteiger partial charge is 0.472 e. The summed E-state index contributed by atoms with van der Waals surface area (Å²) in [6.07, 6.45) is 1.81. The minimum absolute atomic E-state index is 0.278. The van der Waals surface area contributed by atoms with Gasteiger partial charge in [-0.1, -0.05) is 76.4 Å². The summed E-state index contributed by atoms with van der Waals surface area (Å²) < 4.78 is 7.27. The molecule has 0 saturated carbocycles. The summed E-state index contributed by atoms with van der Waals surface area (Å²) in [5.41, 5.74) is 4.29. The van der Waals surface area contributed by atoms with Crippen molar-refractivity contribution in [1.82, 2.24) is 0 Å². The van der Waals surface area contributed by atoms with Gasteiger partial charge in [0.25, 0.3) is 0 Å². The first kappa shape index (κ1) is 15.7. The number of ether oxygens (including phenoxy) is 1. The van der Waals surface area contributed by atoms with Crippen LogP contribution in [0.3, 0.4) is 0 Å². The smallest absolute Gasteiger partial charge is 0.185 e. The molecule has 0 aromatic heterocycles. The number of rotatable bonds is 1. The van der Waals surface area contributed by atoms with E-state index in [2.05, 4.69) is 58.1 Å². The van der Waals surface area contributed by atoms with Gasteiger partial charge in [0.1, 0.15) is 5.76 Å². The molecule has 3 aromatic carbocycles. The third-order valence-corrected chi connectivity index (χ3v) is 4.59. The topological polar surface area (TPSA) is 9.23 Å². The van der Waals surface area contributed by atoms with Gasteiger partial charge in [0.05, 0.1) is 0 Å². The monoisotopic (exact) mass is 386 g/mol. The first-order valence-corrected chi connectivity index (χ1v) is 8.89. The molecule has 2 heteroatoms. The maximum absolute atomic E-state index is 6.22. The van der Waals surface area contributed by atoms with E-state index in [4.69, 9.17) is 4.74 Å². The molecule has 3 aromatic rings. The summed E-state index contributed by atoms with van der Waals surface area (Å²) >= 11 is 3.45. The maximum atomic E-state index is 6.22. The Morgan fingerprint density at radius 1 is 0.800 bits per heavy atom. The summed E-state index contributed by atoms with van der Waals surface area (Å²) in [6.45, 7) is 0. The Hall–Kier alpha value is -2.76. The fourth-order valence-electron chi connectivity index (χ4n) is 2.79. The molecule has 120 valence electrons. The normalized spacial score (nSPS) is 15.2. The fraction of sp³-hybridized carbons (Fsp3) is 0.0435. The first-order valence-electron chi connectivity index (χ1n) is 8.09. The third kappa shape index (κ3) is 3.52. The fourth-order valence-corrected chi connectivity index (χ4v) is 3.05. The van der Waals surface area contributed by atoms with Gasteiger partial charge < -0.3 is 4.74 Å². The van der Waals surface area contributed by atoms with Crippen molar-refractivity contribution in [3.8, 4) is 11.8 Å². The Bertz CT molecular complexity index is 976. The summed E-state index contributed by atoms with van der Waals surface area (Å²) in [4.78, 5) is 0. The predicted octanol–water partition coefficient (Wildman–Crippen LogP) is 6.07. The number of halogens is 1. The van der Waals surface area contributed by atoms with Crippen molar-refractivity contribution in [3.63, 3.8) is 0 Å². The zero-order valence-corrected chi connectivity index (χ0v) is 15.0. The van der Waals surface area contributed by atoms with Gasteiger partial charge in [-0.15, -0.1) is 0 Å². The minimum Gasteiger partial charge on any atom is -0.472 e. The lowest BCUT2D eigenvalue weighted by molar-refractivity contribution is 0.222. The SMILES string of the molecule is Brc1ccc(C#CC2OC(c3ccccc3)=Cc3ccccc32)cc1. The van der Waals surface area contributed by atoms with Gasteiger partial charge >= 0.3 is 0 Å². The molecule has 25 heavy (non-hydrogen) atoms. The van der Waals surface area contributed by atoms with Crippen LogP contribution in [0.25, 0.3) is 11.8 Å². The molecule has 0 saturated heterocycles. The minimum atomic E-state index is -0.278. The Morgan fingerprint density at radius 3 is 2.32 bits per heavy atom. The average molecular weight is 387 g/mol. The Kier molecular flexibility index (Phi) is 4.41. The number of hydrogen-bond donors (Lipinski definition) is 0. The van der Waals surface area contributed by atoms with Crippen LogP contribution in [0.1, 0.15) is 28.4 Å². The summed E-state index contributed by atoms with van der Waals surface area (Å²) in [7, 11) is 0. The van der Waals surface area contributed by atoms with Gasteiger partial charge in [-0.3, -0.25) is 0 Å². The van der Waals surface area contributed by atoms with E-state index in [9.17, 15) is 0 Å². The van der Waals surface area contributed by atoms with Gasteiger partial charge in [-0.25, -0.2) is 0 Å². The molecule has 0 spiro atoms. The van der Waals surface area contributed by atoms with Crippen LogP contribution in [-0.4, -0.2) is 0 Å². The van der Waals surface area contributed by atoms with E-state index >= 15 is 0 Å². The van der Waals surface area contributed by atoms with Crippen molar-refractivity contribution in [2.45, 2.75) is 6.10 Å². The molecule has 0 aliphatic carbocycles. The van der Waals surface area contributed by atoms with Crippen LogP contribution in [0.2, 0.25) is 0 Å². The molecule has 1 aliphatic heterocycles. The van der Waals surface area contributed by atoms with Crippen LogP contribution in [0.5, 0.6) is 0 Å². The molecule has 0 fully saturated rings. The second-order valence-electron chi connectivity index (χ2n) is 5.78. The molecular weight excluding hydrogens is 372 g/mol. The molecule has 0 bridgehead atoms. The third-order valence-electron chi connectivity index (χ3n) is 4.06. The van der Waals surface area contributed by atoms with E-state index in [1.807, 2.05) is 54.6 Å². The highest BCUT2D eigenvalue weighted by Crippen LogP contribution is 2.35. The van der Waals surface area contributed by atoms with E-state index < -0.39 is 0 Å². The van der Waals surface area contributed by atoms with Crippen molar-refractivity contribution in [2.75, 3.05) is 0 Å². The van der Waals surface area contributed by atoms with Gasteiger partial charge in [0.15, 0.2) is 6.10 Å². The Balaban J connectivity index is 1.71. The van der Waals surface area contributed by atoms with E-state index in [1.165, 1.54) is 0 Å². The molecular formula is C23H15BrO. The Morgan fingerprint density at radius 2 is 1.52 bits per heavy atom. The molecule has 4 rings (SSSR count). The number of benzene rings is 3. The van der Waals surface area contributed by atoms with Crippen molar-refractivity contribution >= 4 is 27.8 Å². The lowest BCUT2D eigenvalue weighted by Gasteiger charge is -2.23. The standard InChI is InChI=1S/C23H15BrO/c24-20-13-10-17(11-14-20)12-15-22-21-9-5-4-8-19(21)16-23(25-22)18-6-2-1-3-7-18/h1-11,13-14,16,22H. The van der Waals surface area contributed by atoms with E-state index in [0.29, 0.717) is 0 Å². The van der Waals surface area contributed by atoms with Gasteiger partial charge in [0, 0.05) is 21.2 Å². The maximum Gasteiger partial charge on any atom is 0.185 e. The molecule has 0 radical (unpaired) electrons. The quantitative estimate of drug-likeness (QED) is 0.461. The van der Waals surface area contributed by atoms with Crippen molar-refractivity contribution in [2.24, 2.45) is 0 Å². The first-order chi connectivity index (χ1) is 12.3. The van der Waals surface area contributed by atoms with E-state index in [1.54, 1.807) is 0 Å². The highest BCUT2D eigenvalue weighted by Gasteiger charge is 2.21. The van der Waals surface area contributed by atoms with Crippen LogP contribution in [0, 0.1) is 11.8 Å². The van der Waals surface area contributed by atoms with Crippen molar-refractivity contribution in [1.29, 1.82) is 0 Å². The Labute approximate surface area is 156 Å². The van der Waals surface area contributed by atoms with Gasteiger partial charge in [0.2, 0.25) is 0 Å². The van der Waals surface area contributed by atoms with Gasteiger partial charge in [-0.2, -0.15) is 0 Å². The molecule has 1 nitrogen and oxygen atoms in total. The second-order valence-corrected chi connectivity index (χ2v) is 6.69. The van der Waals surface area contributed by atoms with E-state index in [-0.39, 0.29) is 6.10 Å². The zero-order chi connectivity index (χ0) is 17.1. The van der Waals surface area contributed by atoms with Crippen molar-refractivity contribution in [3.05, 3.63) is 106 Å². The number of hydrogen-bond acceptors (Lipinski definition) is 1. The van der Waals surface area contributed by atoms with Crippen LogP contribution < -0.4 is 0 Å². The lowest BCUT2D eigenvalue weighted by Crippen LogP contribution is -2.08. The van der Waals surface area contributed by atoms with Crippen molar-refractivity contribution < 1.29 is 4.74 Å². The summed E-state index contributed by atoms with van der Waals surface area (Å²) in [6, 6.07) is 26.4. The van der Waals surface area contributed by atoms with Crippen LogP contribution in [0.4, 0.5) is 0 Å². The molecule has 0 amide bonds. The number of fused-ring (bicyclic) bond motifs is 1. The van der Waals surface area contributed by atoms with Gasteiger partial charge in [-0.05, 0) is 41.8 Å². The predicted molar refractivity (Wildman–Crippen MR) is 106 cm³/mol. The van der Waals surface area contributed by atoms with Crippen LogP contribution >= 0.6 is 15.9 Å². The molecule has 1 atom stereocenters. The van der Waals surface area contributed by atoms with E-state index in [0.717, 1.165) is 32.5 Å². The highest BCUT2D eigenvalue weighted by molar-refractivity contribution is 9.10. The summed E-state index contributed by atoms with van der Waals surface area (Å²) in [5, 5.41) is 0. The van der Waals surface area contributed by atoms with Crippen LogP contribution in [0.15, 0.2) is 83.3 Å². The highest BCUT2D eigenvalue weighted by atomic mass is 79.9. The average Bonchev–Trinajstić information content (AvgIpc) is 2.68. The molecule has 1 unspecified atom stereocenters. The lowest BCUT2D eigenvalue weighted by atomic mass is 9.97. The molecule has 0 N–H and O–H groups in total. The zero-order valence-electron chi connectivity index (χ0n) is 13.4. The molecule has 1 heterocycles. The van der Waals surface area contributed by atoms with Crippen LogP contribution in [-0.2, 0) is 4.74 Å².